The Morgan fingerprint density at radius 2 is 2.07 bits per heavy atom. The predicted octanol–water partition coefficient (Wildman–Crippen LogP) is 2.06. The first kappa shape index (κ1) is 9.25. The zero-order valence-electron chi connectivity index (χ0n) is 8.85. The lowest BCUT2D eigenvalue weighted by molar-refractivity contribution is 0.0897. The molecular weight excluding hydrogens is 174 g/mol. The van der Waals surface area contributed by atoms with Gasteiger partial charge in [0.2, 0.25) is 0 Å². The largest absolute Gasteiger partial charge is 0.347 e. The van der Waals surface area contributed by atoms with Crippen LogP contribution in [0.25, 0.3) is 0 Å². The number of hydrogen-bond acceptors (Lipinski definition) is 1. The van der Waals surface area contributed by atoms with E-state index in [4.69, 9.17) is 0 Å². The summed E-state index contributed by atoms with van der Waals surface area (Å²) in [7, 11) is 0. The number of fused-ring (bicyclic) bond motifs is 1. The average molecular weight is 189 g/mol. The Labute approximate surface area is 84.3 Å². The number of nitrogens with one attached hydrogen (secondary N) is 1. The third-order valence-corrected chi connectivity index (χ3v) is 2.59. The van der Waals surface area contributed by atoms with Crippen LogP contribution in [0.4, 0.5) is 0 Å². The average Bonchev–Trinajstić information content (AvgIpc) is 2.00. The van der Waals surface area contributed by atoms with Gasteiger partial charge < -0.3 is 5.32 Å². The van der Waals surface area contributed by atoms with Gasteiger partial charge in [0.05, 0.1) is 0 Å². The highest BCUT2D eigenvalue weighted by Gasteiger charge is 2.29. The second-order valence-corrected chi connectivity index (χ2v) is 4.68. The van der Waals surface area contributed by atoms with Crippen molar-refractivity contribution in [3.8, 4) is 0 Å². The summed E-state index contributed by atoms with van der Waals surface area (Å²) in [5.74, 6) is 0.0521. The number of amides is 1. The monoisotopic (exact) mass is 189 g/mol. The van der Waals surface area contributed by atoms with Crippen LogP contribution in [-0.2, 0) is 6.42 Å². The normalized spacial score (nSPS) is 18.6. The zero-order chi connectivity index (χ0) is 10.3. The van der Waals surface area contributed by atoms with E-state index in [1.54, 1.807) is 0 Å². The highest BCUT2D eigenvalue weighted by atomic mass is 16.1. The Hall–Kier alpha value is -1.31. The molecule has 1 aliphatic rings. The predicted molar refractivity (Wildman–Crippen MR) is 56.4 cm³/mol. The van der Waals surface area contributed by atoms with Crippen LogP contribution < -0.4 is 5.32 Å². The highest BCUT2D eigenvalue weighted by Crippen LogP contribution is 2.23. The molecule has 0 bridgehead atoms. The van der Waals surface area contributed by atoms with Gasteiger partial charge >= 0.3 is 0 Å². The van der Waals surface area contributed by atoms with Crippen molar-refractivity contribution in [1.82, 2.24) is 5.32 Å². The van der Waals surface area contributed by atoms with Crippen molar-refractivity contribution in [2.45, 2.75) is 32.7 Å². The summed E-state index contributed by atoms with van der Waals surface area (Å²) in [5.41, 5.74) is 3.10. The fourth-order valence-corrected chi connectivity index (χ4v) is 1.99. The minimum absolute atomic E-state index is 0.0521. The van der Waals surface area contributed by atoms with Crippen LogP contribution >= 0.6 is 0 Å². The van der Waals surface area contributed by atoms with Crippen LogP contribution in [0.1, 0.15) is 35.3 Å². The van der Waals surface area contributed by atoms with Gasteiger partial charge in [-0.1, -0.05) is 17.7 Å². The Balaban J connectivity index is 2.51. The first-order valence-corrected chi connectivity index (χ1v) is 4.90. The summed E-state index contributed by atoms with van der Waals surface area (Å²) in [6.45, 7) is 6.16. The molecule has 2 rings (SSSR count). The van der Waals surface area contributed by atoms with Crippen molar-refractivity contribution in [1.29, 1.82) is 0 Å². The van der Waals surface area contributed by atoms with E-state index in [-0.39, 0.29) is 11.4 Å². The molecule has 0 spiro atoms. The lowest BCUT2D eigenvalue weighted by atomic mass is 9.86. The summed E-state index contributed by atoms with van der Waals surface area (Å²) < 4.78 is 0. The quantitative estimate of drug-likeness (QED) is 0.665. The van der Waals surface area contributed by atoms with E-state index in [2.05, 4.69) is 32.2 Å². The van der Waals surface area contributed by atoms with E-state index in [1.165, 1.54) is 11.1 Å². The fourth-order valence-electron chi connectivity index (χ4n) is 1.99. The van der Waals surface area contributed by atoms with Crippen LogP contribution in [0.3, 0.4) is 0 Å². The van der Waals surface area contributed by atoms with Gasteiger partial charge in [-0.05, 0) is 38.8 Å². The van der Waals surface area contributed by atoms with Crippen molar-refractivity contribution < 1.29 is 4.79 Å². The number of aryl methyl sites for hydroxylation is 1. The first-order chi connectivity index (χ1) is 6.48. The second-order valence-electron chi connectivity index (χ2n) is 4.68. The Morgan fingerprint density at radius 1 is 1.36 bits per heavy atom. The molecule has 0 saturated carbocycles. The number of hydrogen-bond donors (Lipinski definition) is 1. The van der Waals surface area contributed by atoms with Crippen molar-refractivity contribution in [2.24, 2.45) is 0 Å². The first-order valence-electron chi connectivity index (χ1n) is 4.90. The third kappa shape index (κ3) is 1.52. The number of carbonyl (C=O) groups is 1. The SMILES string of the molecule is Cc1ccc2c(c1)CC(C)(C)NC2=O. The van der Waals surface area contributed by atoms with Crippen molar-refractivity contribution in [3.05, 3.63) is 34.9 Å². The van der Waals surface area contributed by atoms with Crippen LogP contribution in [0, 0.1) is 6.92 Å². The number of rotatable bonds is 0. The molecule has 1 heterocycles. The Kier molecular flexibility index (Phi) is 1.88. The Bertz CT molecular complexity index is 393. The summed E-state index contributed by atoms with van der Waals surface area (Å²) in [6, 6.07) is 6.00. The second kappa shape index (κ2) is 2.84. The smallest absolute Gasteiger partial charge is 0.251 e. The van der Waals surface area contributed by atoms with E-state index in [0.29, 0.717) is 0 Å². The van der Waals surface area contributed by atoms with Crippen LogP contribution in [0.15, 0.2) is 18.2 Å². The van der Waals surface area contributed by atoms with Gasteiger partial charge in [-0.2, -0.15) is 0 Å². The summed E-state index contributed by atoms with van der Waals surface area (Å²) in [4.78, 5) is 11.7. The van der Waals surface area contributed by atoms with E-state index in [1.807, 2.05) is 12.1 Å². The van der Waals surface area contributed by atoms with E-state index in [9.17, 15) is 4.79 Å². The summed E-state index contributed by atoms with van der Waals surface area (Å²) >= 11 is 0. The molecule has 0 fully saturated rings. The maximum Gasteiger partial charge on any atom is 0.251 e. The highest BCUT2D eigenvalue weighted by molar-refractivity contribution is 5.97. The Morgan fingerprint density at radius 3 is 2.79 bits per heavy atom. The van der Waals surface area contributed by atoms with Gasteiger partial charge in [0.25, 0.3) is 5.91 Å². The van der Waals surface area contributed by atoms with Gasteiger partial charge in [0.15, 0.2) is 0 Å². The third-order valence-electron chi connectivity index (χ3n) is 2.59. The number of benzene rings is 1. The molecule has 1 aromatic rings. The van der Waals surface area contributed by atoms with E-state index >= 15 is 0 Å². The van der Waals surface area contributed by atoms with Crippen LogP contribution in [0.5, 0.6) is 0 Å². The van der Waals surface area contributed by atoms with E-state index in [0.717, 1.165) is 12.0 Å². The molecule has 0 unspecified atom stereocenters. The molecule has 0 aliphatic carbocycles. The molecule has 0 aromatic heterocycles. The topological polar surface area (TPSA) is 29.1 Å². The van der Waals surface area contributed by atoms with Crippen LogP contribution in [0.2, 0.25) is 0 Å². The minimum atomic E-state index is -0.113. The van der Waals surface area contributed by atoms with Crippen molar-refractivity contribution >= 4 is 5.91 Å². The molecule has 74 valence electrons. The molecule has 0 atom stereocenters. The summed E-state index contributed by atoms with van der Waals surface area (Å²) in [6.07, 6.45) is 0.912. The molecule has 1 aromatic carbocycles. The standard InChI is InChI=1S/C12H15NO/c1-8-4-5-10-9(6-8)7-12(2,3)13-11(10)14/h4-6H,7H2,1-3H3,(H,13,14). The molecule has 14 heavy (non-hydrogen) atoms. The molecule has 2 heteroatoms. The summed E-state index contributed by atoms with van der Waals surface area (Å²) in [5, 5.41) is 2.99. The van der Waals surface area contributed by atoms with Crippen LogP contribution in [-0.4, -0.2) is 11.4 Å². The maximum absolute atomic E-state index is 11.7. The maximum atomic E-state index is 11.7. The molecule has 1 amide bonds. The van der Waals surface area contributed by atoms with Crippen molar-refractivity contribution in [2.75, 3.05) is 0 Å². The molecule has 1 N–H and O–H groups in total. The lowest BCUT2D eigenvalue weighted by Gasteiger charge is -2.32. The minimum Gasteiger partial charge on any atom is -0.347 e. The molecular formula is C12H15NO. The van der Waals surface area contributed by atoms with E-state index < -0.39 is 0 Å². The lowest BCUT2D eigenvalue weighted by Crippen LogP contribution is -2.49. The number of carbonyl (C=O) groups excluding carboxylic acids is 1. The molecule has 0 saturated heterocycles. The molecule has 2 nitrogen and oxygen atoms in total. The fraction of sp³-hybridized carbons (Fsp3) is 0.417. The van der Waals surface area contributed by atoms with Gasteiger partial charge in [-0.3, -0.25) is 4.79 Å². The van der Waals surface area contributed by atoms with Gasteiger partial charge in [0, 0.05) is 11.1 Å². The molecule has 0 radical (unpaired) electrons. The van der Waals surface area contributed by atoms with Gasteiger partial charge in [0.1, 0.15) is 0 Å². The molecule has 1 aliphatic heterocycles. The van der Waals surface area contributed by atoms with Gasteiger partial charge in [-0.25, -0.2) is 0 Å². The zero-order valence-corrected chi connectivity index (χ0v) is 8.85. The van der Waals surface area contributed by atoms with Gasteiger partial charge in [-0.15, -0.1) is 0 Å². The van der Waals surface area contributed by atoms with Crippen molar-refractivity contribution in [3.63, 3.8) is 0 Å².